The van der Waals surface area contributed by atoms with Crippen molar-refractivity contribution in [3.8, 4) is 11.5 Å². The summed E-state index contributed by atoms with van der Waals surface area (Å²) in [6.45, 7) is 0. The maximum atomic E-state index is 5.71. The Kier molecular flexibility index (Phi) is 6.66. The standard InChI is InChI=1S/C20H14N4.C12H9NO.Zn/c1-2-14-10-16-5-6-18(23-16)12-20-8-7-19(24-20)11-17-4-3-15(22-17)9-13(1)21-14;1-3-7-11-9(5-1)13-10-6-2-4-8-12(10)14-11;/h1-12,21,24H;1-8,13H;. The molecule has 0 radical (unpaired) electrons. The number of nitrogens with zero attached hydrogens (tertiary/aromatic N) is 2. The Morgan fingerprint density at radius 2 is 0.821 bits per heavy atom. The van der Waals surface area contributed by atoms with Crippen LogP contribution >= 0.6 is 0 Å². The number of benzene rings is 2. The van der Waals surface area contributed by atoms with Crippen LogP contribution in [0.4, 0.5) is 11.4 Å². The van der Waals surface area contributed by atoms with E-state index in [0.717, 1.165) is 67.7 Å². The second kappa shape index (κ2) is 10.6. The van der Waals surface area contributed by atoms with Crippen LogP contribution in [0.2, 0.25) is 0 Å². The first kappa shape index (κ1) is 24.6. The van der Waals surface area contributed by atoms with E-state index in [1.165, 1.54) is 0 Å². The molecular weight excluding hydrogens is 536 g/mol. The van der Waals surface area contributed by atoms with Crippen molar-refractivity contribution in [3.05, 3.63) is 120 Å². The summed E-state index contributed by atoms with van der Waals surface area (Å²) >= 11 is 0. The monoisotopic (exact) mass is 557 g/mol. The summed E-state index contributed by atoms with van der Waals surface area (Å²) in [5.74, 6) is 1.76. The molecule has 3 aliphatic heterocycles. The van der Waals surface area contributed by atoms with Gasteiger partial charge in [0.05, 0.1) is 34.2 Å². The third-order valence-corrected chi connectivity index (χ3v) is 6.31. The van der Waals surface area contributed by atoms with Crippen LogP contribution in [0.3, 0.4) is 0 Å². The smallest absolute Gasteiger partial charge is 0.150 e. The van der Waals surface area contributed by atoms with Crippen LogP contribution in [-0.4, -0.2) is 19.9 Å². The molecule has 3 aliphatic rings. The Morgan fingerprint density at radius 1 is 0.462 bits per heavy atom. The number of anilines is 2. The molecule has 0 unspecified atom stereocenters. The number of H-pyrrole nitrogens is 2. The van der Waals surface area contributed by atoms with Crippen molar-refractivity contribution in [1.29, 1.82) is 0 Å². The predicted molar refractivity (Wildman–Crippen MR) is 155 cm³/mol. The molecule has 5 aromatic rings. The fourth-order valence-electron chi connectivity index (χ4n) is 4.52. The van der Waals surface area contributed by atoms with Crippen molar-refractivity contribution in [2.45, 2.75) is 0 Å². The third kappa shape index (κ3) is 5.45. The van der Waals surface area contributed by atoms with Gasteiger partial charge >= 0.3 is 0 Å². The minimum atomic E-state index is 0. The van der Waals surface area contributed by atoms with Gasteiger partial charge in [-0.2, -0.15) is 0 Å². The number of hydrogen-bond donors (Lipinski definition) is 3. The van der Waals surface area contributed by atoms with Crippen molar-refractivity contribution in [1.82, 2.24) is 19.9 Å². The van der Waals surface area contributed by atoms with Crippen LogP contribution in [0.5, 0.6) is 11.5 Å². The number of aromatic amines is 2. The topological polar surface area (TPSA) is 78.6 Å². The average molecular weight is 559 g/mol. The summed E-state index contributed by atoms with van der Waals surface area (Å²) in [5.41, 5.74) is 9.90. The van der Waals surface area contributed by atoms with Gasteiger partial charge in [0.2, 0.25) is 0 Å². The molecule has 8 rings (SSSR count). The van der Waals surface area contributed by atoms with Gasteiger partial charge in [-0.1, -0.05) is 24.3 Å². The minimum Gasteiger partial charge on any atom is -0.453 e. The van der Waals surface area contributed by atoms with E-state index in [2.05, 4.69) is 49.5 Å². The molecule has 0 amide bonds. The molecule has 0 fully saturated rings. The SMILES string of the molecule is C1=Cc2cc3ccc(cc4nc(cc5ccc(cc1n2)[nH]5)C=C4)[nH]3.[Zn].c1ccc2c(c1)Nc1ccccc1O2. The molecule has 0 saturated heterocycles. The van der Waals surface area contributed by atoms with Crippen molar-refractivity contribution in [2.24, 2.45) is 0 Å². The average Bonchev–Trinajstić information content (AvgIpc) is 3.74. The van der Waals surface area contributed by atoms with Gasteiger partial charge in [0.25, 0.3) is 0 Å². The fraction of sp³-hybridized carbons (Fsp3) is 0. The fourth-order valence-corrected chi connectivity index (χ4v) is 4.52. The van der Waals surface area contributed by atoms with Crippen LogP contribution in [0, 0.1) is 0 Å². The molecule has 39 heavy (non-hydrogen) atoms. The first-order chi connectivity index (χ1) is 18.7. The van der Waals surface area contributed by atoms with Gasteiger partial charge < -0.3 is 20.0 Å². The molecule has 6 nitrogen and oxygen atoms in total. The molecule has 3 N–H and O–H groups in total. The maximum Gasteiger partial charge on any atom is 0.150 e. The number of fused-ring (bicyclic) bond motifs is 10. The number of para-hydroxylation sites is 4. The molecule has 2 aromatic carbocycles. The van der Waals surface area contributed by atoms with E-state index in [-0.39, 0.29) is 19.5 Å². The van der Waals surface area contributed by atoms with Gasteiger partial charge in [-0.25, -0.2) is 9.97 Å². The number of aromatic nitrogens is 4. The van der Waals surface area contributed by atoms with Crippen LogP contribution < -0.4 is 10.1 Å². The molecule has 0 saturated carbocycles. The third-order valence-electron chi connectivity index (χ3n) is 6.31. The molecule has 6 heterocycles. The first-order valence-corrected chi connectivity index (χ1v) is 12.4. The summed E-state index contributed by atoms with van der Waals surface area (Å²) in [7, 11) is 0. The van der Waals surface area contributed by atoms with E-state index in [0.29, 0.717) is 0 Å². The molecule has 0 spiro atoms. The first-order valence-electron chi connectivity index (χ1n) is 12.4. The summed E-state index contributed by atoms with van der Waals surface area (Å²) < 4.78 is 5.71. The van der Waals surface area contributed by atoms with Gasteiger partial charge in [0.1, 0.15) is 0 Å². The molecule has 0 atom stereocenters. The van der Waals surface area contributed by atoms with Crippen molar-refractivity contribution < 1.29 is 24.2 Å². The Hall–Kier alpha value is -4.74. The zero-order chi connectivity index (χ0) is 25.3. The Bertz CT molecular complexity index is 1640. The summed E-state index contributed by atoms with van der Waals surface area (Å²) in [6, 6.07) is 32.2. The van der Waals surface area contributed by atoms with E-state index < -0.39 is 0 Å². The van der Waals surface area contributed by atoms with E-state index in [1.807, 2.05) is 97.1 Å². The quantitative estimate of drug-likeness (QED) is 0.164. The van der Waals surface area contributed by atoms with Gasteiger partial charge in [0.15, 0.2) is 11.5 Å². The number of ether oxygens (including phenoxy) is 1. The summed E-state index contributed by atoms with van der Waals surface area (Å²) in [6.07, 6.45) is 8.09. The van der Waals surface area contributed by atoms with Crippen molar-refractivity contribution >= 4 is 57.7 Å². The zero-order valence-corrected chi connectivity index (χ0v) is 24.0. The second-order valence-electron chi connectivity index (χ2n) is 9.12. The second-order valence-corrected chi connectivity index (χ2v) is 9.12. The Balaban J connectivity index is 0.000000158. The Morgan fingerprint density at radius 3 is 1.21 bits per heavy atom. The van der Waals surface area contributed by atoms with Crippen LogP contribution in [-0.2, 0) is 19.5 Å². The summed E-state index contributed by atoms with van der Waals surface area (Å²) in [5, 5.41) is 3.32. The van der Waals surface area contributed by atoms with E-state index in [1.54, 1.807) is 0 Å². The molecule has 184 valence electrons. The minimum absolute atomic E-state index is 0. The van der Waals surface area contributed by atoms with E-state index in [4.69, 9.17) is 4.74 Å². The van der Waals surface area contributed by atoms with Gasteiger partial charge in [-0.3, -0.25) is 0 Å². The number of nitrogens with one attached hydrogen (secondary N) is 3. The largest absolute Gasteiger partial charge is 0.453 e. The van der Waals surface area contributed by atoms with Crippen molar-refractivity contribution in [3.63, 3.8) is 0 Å². The van der Waals surface area contributed by atoms with E-state index in [9.17, 15) is 0 Å². The van der Waals surface area contributed by atoms with Gasteiger partial charge in [-0.15, -0.1) is 0 Å². The molecular formula is C32H23N5OZn. The van der Waals surface area contributed by atoms with Gasteiger partial charge in [-0.05, 0) is 97.1 Å². The summed E-state index contributed by atoms with van der Waals surface area (Å²) in [4.78, 5) is 16.0. The zero-order valence-electron chi connectivity index (χ0n) is 21.1. The number of hydrogen-bond acceptors (Lipinski definition) is 4. The maximum absolute atomic E-state index is 5.71. The molecule has 8 bridgehead atoms. The van der Waals surface area contributed by atoms with Crippen LogP contribution in [0.15, 0.2) is 97.1 Å². The van der Waals surface area contributed by atoms with Crippen molar-refractivity contribution in [2.75, 3.05) is 5.32 Å². The van der Waals surface area contributed by atoms with Crippen LogP contribution in [0.25, 0.3) is 46.4 Å². The van der Waals surface area contributed by atoms with Gasteiger partial charge in [0, 0.05) is 41.5 Å². The Labute approximate surface area is 237 Å². The molecule has 3 aromatic heterocycles. The van der Waals surface area contributed by atoms with Crippen LogP contribution in [0.1, 0.15) is 22.8 Å². The molecule has 0 aliphatic carbocycles. The normalized spacial score (nSPS) is 12.1. The molecule has 7 heteroatoms. The predicted octanol–water partition coefficient (Wildman–Crippen LogP) is 8.19. The number of rotatable bonds is 0. The van der Waals surface area contributed by atoms with E-state index >= 15 is 0 Å².